The van der Waals surface area contributed by atoms with Crippen LogP contribution in [-0.2, 0) is 11.2 Å². The maximum absolute atomic E-state index is 13.5. The number of hydrogen-bond donors (Lipinski definition) is 1. The van der Waals surface area contributed by atoms with Crippen LogP contribution in [0.3, 0.4) is 0 Å². The zero-order chi connectivity index (χ0) is 22.1. The predicted molar refractivity (Wildman–Crippen MR) is 130 cm³/mol. The Balaban J connectivity index is 1.44. The van der Waals surface area contributed by atoms with Gasteiger partial charge in [-0.2, -0.15) is 0 Å². The molecule has 0 radical (unpaired) electrons. The molecule has 0 unspecified atom stereocenters. The highest BCUT2D eigenvalue weighted by atomic mass is 35.5. The van der Waals surface area contributed by atoms with E-state index in [9.17, 15) is 4.79 Å². The van der Waals surface area contributed by atoms with Gasteiger partial charge in [-0.3, -0.25) is 4.79 Å². The third kappa shape index (κ3) is 4.00. The number of rotatable bonds is 4. The molecule has 3 aromatic carbocycles. The van der Waals surface area contributed by atoms with Crippen LogP contribution in [0.1, 0.15) is 5.56 Å². The van der Waals surface area contributed by atoms with E-state index in [0.717, 1.165) is 48.2 Å². The zero-order valence-corrected chi connectivity index (χ0v) is 18.8. The molecule has 1 fully saturated rings. The first kappa shape index (κ1) is 20.7. The monoisotopic (exact) mass is 447 g/mol. The highest BCUT2D eigenvalue weighted by Gasteiger charge is 2.41. The molecule has 1 N–H and O–H groups in total. The maximum Gasteiger partial charge on any atom is 0.229 e. The Morgan fingerprint density at radius 2 is 1.88 bits per heavy atom. The number of anilines is 3. The second kappa shape index (κ2) is 8.75. The van der Waals surface area contributed by atoms with Crippen molar-refractivity contribution in [2.45, 2.75) is 12.5 Å². The van der Waals surface area contributed by atoms with Gasteiger partial charge in [0.05, 0.1) is 19.1 Å². The van der Waals surface area contributed by atoms with E-state index in [1.807, 2.05) is 42.5 Å². The van der Waals surface area contributed by atoms with Crippen LogP contribution in [0.15, 0.2) is 72.8 Å². The van der Waals surface area contributed by atoms with Gasteiger partial charge in [0.15, 0.2) is 0 Å². The molecule has 32 heavy (non-hydrogen) atoms. The van der Waals surface area contributed by atoms with Gasteiger partial charge < -0.3 is 19.9 Å². The highest BCUT2D eigenvalue weighted by molar-refractivity contribution is 6.30. The summed E-state index contributed by atoms with van der Waals surface area (Å²) in [4.78, 5) is 18.3. The van der Waals surface area contributed by atoms with E-state index >= 15 is 0 Å². The van der Waals surface area contributed by atoms with Gasteiger partial charge >= 0.3 is 0 Å². The molecule has 3 aromatic rings. The lowest BCUT2D eigenvalue weighted by Gasteiger charge is -2.49. The molecule has 0 spiro atoms. The lowest BCUT2D eigenvalue weighted by molar-refractivity contribution is -0.120. The van der Waals surface area contributed by atoms with Crippen molar-refractivity contribution < 1.29 is 9.53 Å². The number of amides is 1. The topological polar surface area (TPSA) is 44.8 Å². The van der Waals surface area contributed by atoms with Gasteiger partial charge in [-0.15, -0.1) is 0 Å². The number of methoxy groups -OCH3 is 1. The van der Waals surface area contributed by atoms with E-state index in [1.165, 1.54) is 11.3 Å². The molecular weight excluding hydrogens is 422 g/mol. The number of hydrogen-bond acceptors (Lipinski definition) is 4. The van der Waals surface area contributed by atoms with Crippen LogP contribution in [0.2, 0.25) is 5.02 Å². The molecule has 5 rings (SSSR count). The van der Waals surface area contributed by atoms with Gasteiger partial charge in [0, 0.05) is 47.8 Å². The van der Waals surface area contributed by atoms with Crippen LogP contribution in [0.4, 0.5) is 17.1 Å². The van der Waals surface area contributed by atoms with Gasteiger partial charge in [-0.05, 0) is 48.4 Å². The number of nitrogens with one attached hydrogen (secondary N) is 1. The van der Waals surface area contributed by atoms with Crippen LogP contribution in [0.5, 0.6) is 5.75 Å². The number of nitrogens with zero attached hydrogens (tertiary/aromatic N) is 2. The molecule has 0 bridgehead atoms. The van der Waals surface area contributed by atoms with Crippen molar-refractivity contribution in [1.29, 1.82) is 0 Å². The summed E-state index contributed by atoms with van der Waals surface area (Å²) in [7, 11) is 1.63. The van der Waals surface area contributed by atoms with E-state index in [1.54, 1.807) is 7.11 Å². The molecule has 1 amide bonds. The molecule has 2 atom stereocenters. The van der Waals surface area contributed by atoms with Crippen molar-refractivity contribution >= 4 is 34.6 Å². The van der Waals surface area contributed by atoms with E-state index in [2.05, 4.69) is 45.4 Å². The maximum atomic E-state index is 13.5. The summed E-state index contributed by atoms with van der Waals surface area (Å²) in [5.41, 5.74) is 4.32. The first-order valence-corrected chi connectivity index (χ1v) is 11.3. The molecular formula is C26H26ClN3O2. The van der Waals surface area contributed by atoms with E-state index in [4.69, 9.17) is 16.3 Å². The molecule has 6 heteroatoms. The number of piperazine rings is 1. The first-order chi connectivity index (χ1) is 15.6. The fourth-order valence-electron chi connectivity index (χ4n) is 4.90. The summed E-state index contributed by atoms with van der Waals surface area (Å²) in [6.07, 6.45) is 0.719. The number of fused-ring (bicyclic) bond motifs is 3. The SMILES string of the molecule is COc1cccc(NC(=O)[C@@H]2Cc3ccccc3N3CCN(c4cccc(Cl)c4)C[C@@H]23)c1. The lowest BCUT2D eigenvalue weighted by Crippen LogP contribution is -2.60. The standard InChI is InChI=1S/C26H26ClN3O2/c1-32-22-10-5-8-20(16-22)28-26(31)23-14-18-6-2-3-11-24(18)30-13-12-29(17-25(23)30)21-9-4-7-19(27)15-21/h2-11,15-16,23,25H,12-14,17H2,1H3,(H,28,31)/t23-,25+/m1/s1. The van der Waals surface area contributed by atoms with Gasteiger partial charge in [0.25, 0.3) is 0 Å². The molecule has 2 heterocycles. The number of benzene rings is 3. The summed E-state index contributed by atoms with van der Waals surface area (Å²) < 4.78 is 5.31. The minimum atomic E-state index is -0.168. The van der Waals surface area contributed by atoms with Crippen molar-refractivity contribution in [1.82, 2.24) is 0 Å². The molecule has 2 aliphatic rings. The van der Waals surface area contributed by atoms with Crippen LogP contribution in [0.25, 0.3) is 0 Å². The molecule has 5 nitrogen and oxygen atoms in total. The molecule has 0 saturated carbocycles. The number of halogens is 1. The summed E-state index contributed by atoms with van der Waals surface area (Å²) in [6.45, 7) is 2.51. The number of ether oxygens (including phenoxy) is 1. The van der Waals surface area contributed by atoms with E-state index in [0.29, 0.717) is 0 Å². The molecule has 2 aliphatic heterocycles. The van der Waals surface area contributed by atoms with E-state index in [-0.39, 0.29) is 17.9 Å². The van der Waals surface area contributed by atoms with Crippen molar-refractivity contribution in [3.63, 3.8) is 0 Å². The summed E-state index contributed by atoms with van der Waals surface area (Å²) >= 11 is 6.25. The third-order valence-corrected chi connectivity index (χ3v) is 6.71. The van der Waals surface area contributed by atoms with Crippen LogP contribution in [-0.4, -0.2) is 38.7 Å². The largest absolute Gasteiger partial charge is 0.497 e. The highest BCUT2D eigenvalue weighted by Crippen LogP contribution is 2.37. The van der Waals surface area contributed by atoms with Crippen molar-refractivity contribution in [3.05, 3.63) is 83.4 Å². The summed E-state index contributed by atoms with van der Waals surface area (Å²) in [6, 6.07) is 24.0. The zero-order valence-electron chi connectivity index (χ0n) is 18.0. The minimum absolute atomic E-state index is 0.0377. The van der Waals surface area contributed by atoms with Crippen LogP contribution in [0, 0.1) is 5.92 Å². The molecule has 0 aromatic heterocycles. The smallest absolute Gasteiger partial charge is 0.229 e. The van der Waals surface area contributed by atoms with Gasteiger partial charge in [0.2, 0.25) is 5.91 Å². The fraction of sp³-hybridized carbons (Fsp3) is 0.269. The molecule has 1 saturated heterocycles. The number of para-hydroxylation sites is 1. The minimum Gasteiger partial charge on any atom is -0.497 e. The Morgan fingerprint density at radius 3 is 2.72 bits per heavy atom. The Morgan fingerprint density at radius 1 is 1.03 bits per heavy atom. The van der Waals surface area contributed by atoms with Gasteiger partial charge in [0.1, 0.15) is 5.75 Å². The van der Waals surface area contributed by atoms with E-state index < -0.39 is 0 Å². The fourth-order valence-corrected chi connectivity index (χ4v) is 5.09. The van der Waals surface area contributed by atoms with Crippen LogP contribution >= 0.6 is 11.6 Å². The summed E-state index contributed by atoms with van der Waals surface area (Å²) in [5.74, 6) is 0.594. The first-order valence-electron chi connectivity index (χ1n) is 10.9. The quantitative estimate of drug-likeness (QED) is 0.620. The van der Waals surface area contributed by atoms with Gasteiger partial charge in [-0.25, -0.2) is 0 Å². The molecule has 164 valence electrons. The normalized spacial score (nSPS) is 19.7. The van der Waals surface area contributed by atoms with Crippen molar-refractivity contribution in [2.24, 2.45) is 5.92 Å². The summed E-state index contributed by atoms with van der Waals surface area (Å²) in [5, 5.41) is 3.86. The second-order valence-electron chi connectivity index (χ2n) is 8.35. The lowest BCUT2D eigenvalue weighted by atomic mass is 9.83. The number of carbonyl (C=O) groups is 1. The van der Waals surface area contributed by atoms with Gasteiger partial charge in [-0.1, -0.05) is 41.9 Å². The number of carbonyl (C=O) groups excluding carboxylic acids is 1. The predicted octanol–water partition coefficient (Wildman–Crippen LogP) is 4.85. The van der Waals surface area contributed by atoms with Crippen LogP contribution < -0.4 is 19.9 Å². The Kier molecular flexibility index (Phi) is 5.66. The Labute approximate surface area is 193 Å². The third-order valence-electron chi connectivity index (χ3n) is 6.47. The van der Waals surface area contributed by atoms with Crippen molar-refractivity contribution in [2.75, 3.05) is 41.9 Å². The second-order valence-corrected chi connectivity index (χ2v) is 8.78. The average molecular weight is 448 g/mol. The van der Waals surface area contributed by atoms with Crippen molar-refractivity contribution in [3.8, 4) is 5.75 Å². The Bertz CT molecular complexity index is 1140. The average Bonchev–Trinajstić information content (AvgIpc) is 2.83. The molecule has 0 aliphatic carbocycles. The Hall–Kier alpha value is -3.18.